The molecule has 31 heavy (non-hydrogen) atoms. The van der Waals surface area contributed by atoms with Crippen LogP contribution >= 0.6 is 0 Å². The van der Waals surface area contributed by atoms with Crippen molar-refractivity contribution in [1.82, 2.24) is 19.6 Å². The zero-order chi connectivity index (χ0) is 21.8. The number of piperidine rings is 1. The van der Waals surface area contributed by atoms with E-state index in [1.165, 1.54) is 0 Å². The zero-order valence-corrected chi connectivity index (χ0v) is 17.8. The van der Waals surface area contributed by atoms with E-state index in [1.54, 1.807) is 11.8 Å². The SMILES string of the molecule is CCOC(=O)C1CCN(C(=O)Cn2cccc2-c2nc(-c3ccc(C)cc3)no2)CC1. The van der Waals surface area contributed by atoms with Crippen molar-refractivity contribution in [3.63, 3.8) is 0 Å². The van der Waals surface area contributed by atoms with Crippen molar-refractivity contribution in [2.45, 2.75) is 33.2 Å². The number of amides is 1. The lowest BCUT2D eigenvalue weighted by Gasteiger charge is -2.31. The molecule has 1 saturated heterocycles. The smallest absolute Gasteiger partial charge is 0.309 e. The summed E-state index contributed by atoms with van der Waals surface area (Å²) in [5.41, 5.74) is 2.73. The molecule has 1 amide bonds. The van der Waals surface area contributed by atoms with E-state index in [-0.39, 0.29) is 24.3 Å². The molecule has 0 bridgehead atoms. The van der Waals surface area contributed by atoms with Crippen molar-refractivity contribution >= 4 is 11.9 Å². The first kappa shape index (κ1) is 20.8. The Bertz CT molecular complexity index is 1050. The number of aryl methyl sites for hydroxylation is 1. The Morgan fingerprint density at radius 1 is 1.16 bits per heavy atom. The van der Waals surface area contributed by atoms with E-state index in [0.717, 1.165) is 11.1 Å². The van der Waals surface area contributed by atoms with Gasteiger partial charge in [-0.05, 0) is 38.8 Å². The van der Waals surface area contributed by atoms with Crippen LogP contribution in [0.1, 0.15) is 25.3 Å². The molecule has 0 spiro atoms. The summed E-state index contributed by atoms with van der Waals surface area (Å²) in [5.74, 6) is 0.593. The van der Waals surface area contributed by atoms with Crippen LogP contribution in [0.2, 0.25) is 0 Å². The van der Waals surface area contributed by atoms with E-state index in [4.69, 9.17) is 9.26 Å². The third-order valence-corrected chi connectivity index (χ3v) is 5.56. The summed E-state index contributed by atoms with van der Waals surface area (Å²) < 4.78 is 12.4. The Kier molecular flexibility index (Phi) is 6.16. The van der Waals surface area contributed by atoms with Gasteiger partial charge in [-0.1, -0.05) is 35.0 Å². The molecular formula is C23H26N4O4. The number of likely N-dealkylation sites (tertiary alicyclic amines) is 1. The standard InChI is InChI=1S/C23H26N4O4/c1-3-30-23(29)18-10-13-26(14-11-18)20(28)15-27-12-4-5-19(27)22-24-21(25-31-22)17-8-6-16(2)7-9-17/h4-9,12,18H,3,10-11,13-15H2,1-2H3. The Labute approximate surface area is 180 Å². The monoisotopic (exact) mass is 422 g/mol. The van der Waals surface area contributed by atoms with E-state index >= 15 is 0 Å². The second-order valence-electron chi connectivity index (χ2n) is 7.72. The molecule has 1 aromatic carbocycles. The summed E-state index contributed by atoms with van der Waals surface area (Å²) in [6.07, 6.45) is 3.09. The Hall–Kier alpha value is -3.42. The Balaban J connectivity index is 1.41. The van der Waals surface area contributed by atoms with Gasteiger partial charge in [-0.2, -0.15) is 4.98 Å². The third-order valence-electron chi connectivity index (χ3n) is 5.56. The first-order chi connectivity index (χ1) is 15.0. The maximum Gasteiger partial charge on any atom is 0.309 e. The first-order valence-electron chi connectivity index (χ1n) is 10.6. The second kappa shape index (κ2) is 9.16. The summed E-state index contributed by atoms with van der Waals surface area (Å²) in [5, 5.41) is 4.08. The van der Waals surface area contributed by atoms with E-state index in [9.17, 15) is 9.59 Å². The largest absolute Gasteiger partial charge is 0.466 e. The van der Waals surface area contributed by atoms with E-state index in [2.05, 4.69) is 10.1 Å². The van der Waals surface area contributed by atoms with Gasteiger partial charge in [0.05, 0.1) is 12.5 Å². The van der Waals surface area contributed by atoms with Crippen molar-refractivity contribution in [2.24, 2.45) is 5.92 Å². The van der Waals surface area contributed by atoms with Gasteiger partial charge < -0.3 is 18.7 Å². The number of rotatable bonds is 6. The van der Waals surface area contributed by atoms with Gasteiger partial charge >= 0.3 is 5.97 Å². The summed E-state index contributed by atoms with van der Waals surface area (Å²) in [7, 11) is 0. The van der Waals surface area contributed by atoms with Crippen LogP contribution in [0.25, 0.3) is 23.0 Å². The van der Waals surface area contributed by atoms with Crippen LogP contribution in [0.5, 0.6) is 0 Å². The fourth-order valence-corrected chi connectivity index (χ4v) is 3.76. The summed E-state index contributed by atoms with van der Waals surface area (Å²) in [6.45, 7) is 5.49. The minimum atomic E-state index is -0.164. The molecule has 2 aromatic heterocycles. The van der Waals surface area contributed by atoms with Crippen molar-refractivity contribution < 1.29 is 18.8 Å². The molecule has 3 heterocycles. The van der Waals surface area contributed by atoms with Gasteiger partial charge in [0.15, 0.2) is 0 Å². The predicted octanol–water partition coefficient (Wildman–Crippen LogP) is 3.32. The highest BCUT2D eigenvalue weighted by Gasteiger charge is 2.28. The minimum Gasteiger partial charge on any atom is -0.466 e. The van der Waals surface area contributed by atoms with E-state index in [0.29, 0.717) is 49.9 Å². The number of esters is 1. The number of hydrogen-bond donors (Lipinski definition) is 0. The van der Waals surface area contributed by atoms with Crippen molar-refractivity contribution in [3.05, 3.63) is 48.2 Å². The van der Waals surface area contributed by atoms with Gasteiger partial charge in [0, 0.05) is 24.8 Å². The van der Waals surface area contributed by atoms with Gasteiger partial charge in [-0.15, -0.1) is 0 Å². The maximum atomic E-state index is 12.8. The molecule has 162 valence electrons. The molecule has 3 aromatic rings. The van der Waals surface area contributed by atoms with E-state index in [1.807, 2.05) is 54.1 Å². The summed E-state index contributed by atoms with van der Waals surface area (Å²) in [4.78, 5) is 31.0. The van der Waals surface area contributed by atoms with Crippen LogP contribution in [0.15, 0.2) is 47.1 Å². The number of aromatic nitrogens is 3. The van der Waals surface area contributed by atoms with Crippen LogP contribution in [-0.2, 0) is 20.9 Å². The molecule has 1 fully saturated rings. The molecule has 8 nitrogen and oxygen atoms in total. The Morgan fingerprint density at radius 3 is 2.61 bits per heavy atom. The normalized spacial score (nSPS) is 14.6. The fourth-order valence-electron chi connectivity index (χ4n) is 3.76. The van der Waals surface area contributed by atoms with Gasteiger partial charge in [0.1, 0.15) is 12.2 Å². The predicted molar refractivity (Wildman–Crippen MR) is 114 cm³/mol. The summed E-state index contributed by atoms with van der Waals surface area (Å²) in [6, 6.07) is 11.6. The molecule has 0 saturated carbocycles. The lowest BCUT2D eigenvalue weighted by Crippen LogP contribution is -2.42. The van der Waals surface area contributed by atoms with Gasteiger partial charge in [-0.25, -0.2) is 0 Å². The maximum absolute atomic E-state index is 12.8. The van der Waals surface area contributed by atoms with Crippen LogP contribution < -0.4 is 0 Å². The Morgan fingerprint density at radius 2 is 1.90 bits per heavy atom. The molecule has 0 N–H and O–H groups in total. The lowest BCUT2D eigenvalue weighted by atomic mass is 9.97. The van der Waals surface area contributed by atoms with Gasteiger partial charge in [-0.3, -0.25) is 9.59 Å². The summed E-state index contributed by atoms with van der Waals surface area (Å²) >= 11 is 0. The number of carbonyl (C=O) groups excluding carboxylic acids is 2. The average Bonchev–Trinajstić information content (AvgIpc) is 3.44. The molecule has 4 rings (SSSR count). The van der Waals surface area contributed by atoms with E-state index < -0.39 is 0 Å². The minimum absolute atomic E-state index is 0.00182. The van der Waals surface area contributed by atoms with Gasteiger partial charge in [0.25, 0.3) is 5.89 Å². The molecule has 0 unspecified atom stereocenters. The fraction of sp³-hybridized carbons (Fsp3) is 0.391. The average molecular weight is 422 g/mol. The quantitative estimate of drug-likeness (QED) is 0.566. The molecule has 0 atom stereocenters. The highest BCUT2D eigenvalue weighted by Crippen LogP contribution is 2.24. The number of nitrogens with zero attached hydrogens (tertiary/aromatic N) is 4. The third kappa shape index (κ3) is 4.68. The van der Waals surface area contributed by atoms with Crippen molar-refractivity contribution in [2.75, 3.05) is 19.7 Å². The second-order valence-corrected chi connectivity index (χ2v) is 7.72. The van der Waals surface area contributed by atoms with Gasteiger partial charge in [0.2, 0.25) is 11.7 Å². The van der Waals surface area contributed by atoms with Crippen molar-refractivity contribution in [1.29, 1.82) is 0 Å². The van der Waals surface area contributed by atoms with Crippen LogP contribution in [-0.4, -0.2) is 51.2 Å². The van der Waals surface area contributed by atoms with Crippen LogP contribution in [0.4, 0.5) is 0 Å². The topological polar surface area (TPSA) is 90.5 Å². The first-order valence-corrected chi connectivity index (χ1v) is 10.6. The lowest BCUT2D eigenvalue weighted by molar-refractivity contribution is -0.151. The number of ether oxygens (including phenoxy) is 1. The van der Waals surface area contributed by atoms with Crippen molar-refractivity contribution in [3.8, 4) is 23.0 Å². The number of carbonyl (C=O) groups is 2. The molecular weight excluding hydrogens is 396 g/mol. The molecule has 1 aliphatic heterocycles. The molecule has 0 radical (unpaired) electrons. The molecule has 1 aliphatic rings. The number of benzene rings is 1. The molecule has 8 heteroatoms. The zero-order valence-electron chi connectivity index (χ0n) is 17.8. The molecule has 0 aliphatic carbocycles. The highest BCUT2D eigenvalue weighted by molar-refractivity contribution is 5.78. The highest BCUT2D eigenvalue weighted by atomic mass is 16.5. The number of hydrogen-bond acceptors (Lipinski definition) is 6. The van der Waals surface area contributed by atoms with Crippen LogP contribution in [0, 0.1) is 12.8 Å². The van der Waals surface area contributed by atoms with Crippen LogP contribution in [0.3, 0.4) is 0 Å².